The van der Waals surface area contributed by atoms with E-state index in [9.17, 15) is 53.1 Å². The number of para-hydroxylation sites is 1. The van der Waals surface area contributed by atoms with Gasteiger partial charge in [0.1, 0.15) is 18.7 Å². The third-order valence-corrected chi connectivity index (χ3v) is 21.3. The Morgan fingerprint density at radius 1 is 0.731 bits per heavy atom. The Bertz CT molecular complexity index is 3720. The molecule has 1 unspecified atom stereocenters. The number of urea groups is 1. The number of aliphatic hydroxyl groups excluding tert-OH is 1. The first-order valence-corrected chi connectivity index (χ1v) is 36.3. The van der Waals surface area contributed by atoms with Gasteiger partial charge in [-0.2, -0.15) is 0 Å². The number of carbonyl (C=O) groups is 10. The number of primary amides is 1. The summed E-state index contributed by atoms with van der Waals surface area (Å²) in [5.74, 6) is 1.65. The van der Waals surface area contributed by atoms with E-state index in [-0.39, 0.29) is 139 Å². The van der Waals surface area contributed by atoms with Crippen molar-refractivity contribution in [3.8, 4) is 11.8 Å². The number of allylic oxidation sites excluding steroid dienone is 4. The maximum atomic E-state index is 14.8. The first kappa shape index (κ1) is 79.4. The summed E-state index contributed by atoms with van der Waals surface area (Å²) >= 11 is 0. The lowest BCUT2D eigenvalue weighted by atomic mass is 9.41. The molecule has 1 saturated heterocycles. The minimum Gasteiger partial charge on any atom is -0.461 e. The summed E-state index contributed by atoms with van der Waals surface area (Å²) in [7, 11) is 0. The fourth-order valence-electron chi connectivity index (χ4n) is 15.8. The summed E-state index contributed by atoms with van der Waals surface area (Å²) in [5.41, 5.74) is 6.91. The van der Waals surface area contributed by atoms with Crippen LogP contribution in [0.5, 0.6) is 0 Å². The number of hydrogen-bond acceptors (Lipinski definition) is 19. The van der Waals surface area contributed by atoms with Gasteiger partial charge in [-0.1, -0.05) is 114 Å². The molecule has 562 valence electrons. The predicted octanol–water partition coefficient (Wildman–Crippen LogP) is 6.49. The van der Waals surface area contributed by atoms with Crippen molar-refractivity contribution in [2.24, 2.45) is 39.7 Å². The summed E-state index contributed by atoms with van der Waals surface area (Å²) in [6.07, 6.45) is 6.09. The number of aliphatic hydroxyl groups is 1. The zero-order chi connectivity index (χ0) is 74.6. The second-order valence-corrected chi connectivity index (χ2v) is 28.4. The lowest BCUT2D eigenvalue weighted by Gasteiger charge is -2.64. The van der Waals surface area contributed by atoms with Crippen LogP contribution in [0.25, 0.3) is 0 Å². The number of nitrogens with two attached hydrogens (primary N) is 1. The van der Waals surface area contributed by atoms with Crippen LogP contribution in [0.15, 0.2) is 96.6 Å². The van der Waals surface area contributed by atoms with Crippen LogP contribution in [0.4, 0.5) is 16.2 Å². The van der Waals surface area contributed by atoms with E-state index < -0.39 is 101 Å². The molecular formula is C78H101N7O19. The largest absolute Gasteiger partial charge is 0.461 e. The van der Waals surface area contributed by atoms with Gasteiger partial charge in [-0.3, -0.25) is 43.2 Å². The van der Waals surface area contributed by atoms with Crippen molar-refractivity contribution in [3.05, 3.63) is 119 Å². The highest BCUT2D eigenvalue weighted by atomic mass is 16.7. The number of rotatable bonds is 38. The van der Waals surface area contributed by atoms with Gasteiger partial charge in [0.15, 0.2) is 24.3 Å². The Kier molecular flexibility index (Phi) is 28.1. The van der Waals surface area contributed by atoms with Gasteiger partial charge in [0, 0.05) is 65.9 Å². The smallest absolute Gasteiger partial charge is 0.312 e. The maximum absolute atomic E-state index is 14.8. The molecule has 3 aromatic rings. The molecule has 9 rings (SSSR count). The van der Waals surface area contributed by atoms with E-state index in [2.05, 4.69) is 52.3 Å². The van der Waals surface area contributed by atoms with Crippen molar-refractivity contribution in [1.82, 2.24) is 21.3 Å². The summed E-state index contributed by atoms with van der Waals surface area (Å²) in [5, 5.41) is 25.7. The van der Waals surface area contributed by atoms with Gasteiger partial charge < -0.3 is 80.2 Å². The quantitative estimate of drug-likeness (QED) is 0.0183. The summed E-state index contributed by atoms with van der Waals surface area (Å²) < 4.78 is 46.6. The van der Waals surface area contributed by atoms with E-state index in [1.54, 1.807) is 55.2 Å². The number of hydrogen-bond donors (Lipinski definition) is 7. The molecule has 0 aromatic heterocycles. The molecule has 3 aromatic carbocycles. The van der Waals surface area contributed by atoms with Gasteiger partial charge in [-0.05, 0) is 116 Å². The molecule has 4 aliphatic carbocycles. The summed E-state index contributed by atoms with van der Waals surface area (Å²) in [6.45, 7) is 13.6. The van der Waals surface area contributed by atoms with Crippen LogP contribution in [-0.4, -0.2) is 173 Å². The number of nitrogens with one attached hydrogen (secondary N) is 5. The van der Waals surface area contributed by atoms with Crippen molar-refractivity contribution >= 4 is 70.4 Å². The van der Waals surface area contributed by atoms with Crippen molar-refractivity contribution in [1.29, 1.82) is 0 Å². The number of esters is 2. The normalized spacial score (nSPS) is 24.5. The highest BCUT2D eigenvalue weighted by molar-refractivity contribution is 6.01. The monoisotopic (exact) mass is 1440 g/mol. The molecule has 2 aliphatic heterocycles. The van der Waals surface area contributed by atoms with E-state index in [1.165, 1.54) is 0 Å². The number of carbonyl (C=O) groups excluding carboxylic acids is 10. The number of anilines is 2. The summed E-state index contributed by atoms with van der Waals surface area (Å²) in [6, 6.07) is 18.7. The molecule has 0 bridgehead atoms. The van der Waals surface area contributed by atoms with Gasteiger partial charge in [-0.25, -0.2) is 4.79 Å². The number of ether oxygens (including phenoxy) is 8. The Labute approximate surface area is 607 Å². The van der Waals surface area contributed by atoms with Crippen LogP contribution in [0, 0.1) is 45.8 Å². The van der Waals surface area contributed by atoms with Gasteiger partial charge in [0.2, 0.25) is 35.3 Å². The van der Waals surface area contributed by atoms with Crippen molar-refractivity contribution in [3.63, 3.8) is 0 Å². The van der Waals surface area contributed by atoms with Crippen LogP contribution in [0.3, 0.4) is 0 Å². The molecule has 3 saturated carbocycles. The molecule has 26 nitrogen and oxygen atoms in total. The second kappa shape index (κ2) is 36.8. The molecule has 0 spiro atoms. The molecule has 8 N–H and O–H groups in total. The molecular weight excluding hydrogens is 1340 g/mol. The summed E-state index contributed by atoms with van der Waals surface area (Å²) in [4.78, 5) is 133. The van der Waals surface area contributed by atoms with Gasteiger partial charge in [0.05, 0.1) is 90.1 Å². The van der Waals surface area contributed by atoms with E-state index in [1.807, 2.05) is 68.5 Å². The molecule has 2 heterocycles. The zero-order valence-electron chi connectivity index (χ0n) is 60.5. The predicted molar refractivity (Wildman–Crippen MR) is 381 cm³/mol. The topological polar surface area (TPSA) is 354 Å². The van der Waals surface area contributed by atoms with Gasteiger partial charge >= 0.3 is 18.0 Å². The zero-order valence-corrected chi connectivity index (χ0v) is 60.5. The van der Waals surface area contributed by atoms with E-state index in [0.29, 0.717) is 69.0 Å². The SMILES string of the molecule is CCCC1O[C@@H]2C[C@@]3(C)[C@@H]4CCC5=CC(=O)C=C[C@]5(C)[C@H]4[C@@H](O)C[C@]3(C)[C@]2(C(=O)COC(=O)CCC(=O)OCc2ccc(NC(=O)[C@H](CCCNC(N)=O)NC(=O)[C@@H](NC(=O)CCOCCOCCOCCOCCNC(=O)CCC(=O)N3Cc4ccccc4C#Cc4ccccc43)C(C)C)cc2)O1. The highest BCUT2D eigenvalue weighted by Gasteiger charge is 2.80. The fraction of sp³-hybridized carbons (Fsp3) is 0.564. The Hall–Kier alpha value is -8.68. The number of Topliss-reactive ketones (excluding diaryl/α,β-unsaturated/α-hetero) is 1. The first-order chi connectivity index (χ1) is 49.9. The number of ketones is 2. The molecule has 6 aliphatic rings. The lowest BCUT2D eigenvalue weighted by Crippen LogP contribution is -2.66. The third kappa shape index (κ3) is 19.4. The van der Waals surface area contributed by atoms with Crippen molar-refractivity contribution in [2.45, 2.75) is 174 Å². The molecule has 26 heteroatoms. The second-order valence-electron chi connectivity index (χ2n) is 28.4. The fourth-order valence-corrected chi connectivity index (χ4v) is 15.8. The maximum Gasteiger partial charge on any atom is 0.312 e. The standard InChI is InChI=1S/C78H101N7O19/c1-7-13-69-103-63-46-76(5)58-26-23-55-44-57(86)31-33-75(55,4)70(58)61(87)45-77(76,6)78(63,104-69)62(88)49-102-68(93)30-29-67(92)101-48-51-19-24-56(25-20-51)82-72(94)59(17-12-34-81-74(79)96)83-73(95)71(50(2)3)84-65(90)32-36-97-38-40-99-42-43-100-41-39-98-37-35-80-64(89)27-28-66(91)85-47-54-16-9-8-14-52(54)21-22-53-15-10-11-18-60(53)85/h8-11,14-16,18-20,24-25,31,33,44,50,58-59,61,63,69-71,87H,7,12-13,17,23,26-30,32,34-43,45-49H2,1-6H3,(H,80,89)(H,82,94)(H,83,95)(H,84,90)(H3,79,81,96)/t58-,59+,61+,63-,69?,70-,71+,75+,76+,77+,78-/m1/s1. The Morgan fingerprint density at radius 3 is 2.10 bits per heavy atom. The number of fused-ring (bicyclic) bond motifs is 9. The highest BCUT2D eigenvalue weighted by Crippen LogP contribution is 2.75. The van der Waals surface area contributed by atoms with Crippen molar-refractivity contribution in [2.75, 3.05) is 82.8 Å². The van der Waals surface area contributed by atoms with Gasteiger partial charge in [0.25, 0.3) is 0 Å². The minimum atomic E-state index is -1.52. The Balaban J connectivity index is 0.629. The van der Waals surface area contributed by atoms with Crippen LogP contribution >= 0.6 is 0 Å². The average molecular weight is 1440 g/mol. The van der Waals surface area contributed by atoms with Gasteiger partial charge in [-0.15, -0.1) is 0 Å². The van der Waals surface area contributed by atoms with E-state index in [4.69, 9.17) is 43.6 Å². The first-order valence-electron chi connectivity index (χ1n) is 36.3. The third-order valence-electron chi connectivity index (χ3n) is 21.3. The van der Waals surface area contributed by atoms with Crippen LogP contribution < -0.4 is 37.2 Å². The van der Waals surface area contributed by atoms with Crippen LogP contribution in [0.2, 0.25) is 0 Å². The molecule has 4 fully saturated rings. The van der Waals surface area contributed by atoms with Crippen molar-refractivity contribution < 1.29 is 90.9 Å². The van der Waals surface area contributed by atoms with E-state index >= 15 is 0 Å². The average Bonchev–Trinajstić information content (AvgIpc) is 1.48. The number of amides is 7. The molecule has 11 atom stereocenters. The molecule has 0 radical (unpaired) electrons. The lowest BCUT2D eigenvalue weighted by molar-refractivity contribution is -0.225. The number of benzene rings is 3. The molecule has 7 amide bonds. The minimum absolute atomic E-state index is 0.0268. The number of nitrogens with zero attached hydrogens (tertiary/aromatic N) is 1. The molecule has 104 heavy (non-hydrogen) atoms. The Morgan fingerprint density at radius 2 is 1.39 bits per heavy atom. The van der Waals surface area contributed by atoms with E-state index in [0.717, 1.165) is 28.7 Å². The van der Waals surface area contributed by atoms with Crippen LogP contribution in [0.1, 0.15) is 147 Å². The van der Waals surface area contributed by atoms with Crippen LogP contribution in [-0.2, 0) is 94.2 Å².